The number of anilines is 1. The van der Waals surface area contributed by atoms with Crippen molar-refractivity contribution in [2.75, 3.05) is 11.9 Å². The Kier molecular flexibility index (Phi) is 2.56. The fourth-order valence-corrected chi connectivity index (χ4v) is 3.23. The van der Waals surface area contributed by atoms with Gasteiger partial charge in [0, 0.05) is 18.3 Å². The van der Waals surface area contributed by atoms with Crippen LogP contribution >= 0.6 is 12.2 Å². The van der Waals surface area contributed by atoms with Gasteiger partial charge in [-0.1, -0.05) is 18.2 Å². The zero-order valence-corrected chi connectivity index (χ0v) is 10.0. The molecule has 0 aromatic heterocycles. The van der Waals surface area contributed by atoms with Crippen molar-refractivity contribution in [2.45, 2.75) is 25.3 Å². The van der Waals surface area contributed by atoms with E-state index in [1.54, 1.807) is 0 Å². The lowest BCUT2D eigenvalue weighted by atomic mass is 10.1. The highest BCUT2D eigenvalue weighted by Crippen LogP contribution is 2.37. The molecular weight excluding hydrogens is 216 g/mol. The molecule has 2 unspecified atom stereocenters. The summed E-state index contributed by atoms with van der Waals surface area (Å²) < 4.78 is 0. The summed E-state index contributed by atoms with van der Waals surface area (Å²) in [5, 5.41) is 4.23. The lowest BCUT2D eigenvalue weighted by Crippen LogP contribution is -2.40. The second kappa shape index (κ2) is 4.06. The maximum atomic E-state index is 5.47. The molecule has 1 heterocycles. The molecule has 2 aliphatic rings. The van der Waals surface area contributed by atoms with Gasteiger partial charge in [0.1, 0.15) is 0 Å². The normalized spacial score (nSPS) is 27.1. The molecular formula is C13H16N2S. The highest BCUT2D eigenvalue weighted by atomic mass is 32.1. The molecule has 1 N–H and O–H groups in total. The maximum absolute atomic E-state index is 5.47. The molecule has 1 aromatic rings. The summed E-state index contributed by atoms with van der Waals surface area (Å²) in [6.07, 6.45) is 4.06. The molecule has 1 saturated carbocycles. The number of nitrogens with zero attached hydrogens (tertiary/aromatic N) is 1. The molecule has 1 aliphatic heterocycles. The van der Waals surface area contributed by atoms with Crippen LogP contribution in [0, 0.1) is 5.92 Å². The Hall–Kier alpha value is -1.09. The molecule has 1 aliphatic carbocycles. The van der Waals surface area contributed by atoms with Crippen LogP contribution in [-0.4, -0.2) is 22.6 Å². The van der Waals surface area contributed by atoms with Crippen molar-refractivity contribution in [2.24, 2.45) is 5.92 Å². The Morgan fingerprint density at radius 3 is 2.69 bits per heavy atom. The van der Waals surface area contributed by atoms with Gasteiger partial charge in [-0.2, -0.15) is 0 Å². The van der Waals surface area contributed by atoms with E-state index in [1.165, 1.54) is 19.3 Å². The summed E-state index contributed by atoms with van der Waals surface area (Å²) in [5.74, 6) is 0.889. The lowest BCUT2D eigenvalue weighted by Gasteiger charge is -2.29. The summed E-state index contributed by atoms with van der Waals surface area (Å²) >= 11 is 5.47. The van der Waals surface area contributed by atoms with E-state index >= 15 is 0 Å². The predicted octanol–water partition coefficient (Wildman–Crippen LogP) is 2.87. The Balaban J connectivity index is 1.66. The van der Waals surface area contributed by atoms with E-state index in [9.17, 15) is 0 Å². The Morgan fingerprint density at radius 1 is 1.25 bits per heavy atom. The SMILES string of the molecule is S=C(Nc1ccccc1)N1CC2CCC1C2. The van der Waals surface area contributed by atoms with Crippen molar-refractivity contribution in [1.29, 1.82) is 0 Å². The van der Waals surface area contributed by atoms with Crippen LogP contribution in [0.3, 0.4) is 0 Å². The van der Waals surface area contributed by atoms with Gasteiger partial charge in [-0.3, -0.25) is 0 Å². The summed E-state index contributed by atoms with van der Waals surface area (Å²) in [6, 6.07) is 10.9. The Labute approximate surface area is 102 Å². The molecule has 1 saturated heterocycles. The zero-order valence-electron chi connectivity index (χ0n) is 9.23. The third-order valence-electron chi connectivity index (χ3n) is 3.70. The molecule has 1 aromatic carbocycles. The van der Waals surface area contributed by atoms with Gasteiger partial charge in [-0.05, 0) is 49.5 Å². The number of likely N-dealkylation sites (tertiary alicyclic amines) is 1. The van der Waals surface area contributed by atoms with Gasteiger partial charge in [0.2, 0.25) is 0 Å². The van der Waals surface area contributed by atoms with Crippen LogP contribution in [0.5, 0.6) is 0 Å². The monoisotopic (exact) mass is 232 g/mol. The predicted molar refractivity (Wildman–Crippen MR) is 70.5 cm³/mol. The number of benzene rings is 1. The Morgan fingerprint density at radius 2 is 2.06 bits per heavy atom. The van der Waals surface area contributed by atoms with Crippen molar-refractivity contribution in [3.63, 3.8) is 0 Å². The quantitative estimate of drug-likeness (QED) is 0.750. The number of fused-ring (bicyclic) bond motifs is 2. The van der Waals surface area contributed by atoms with Gasteiger partial charge in [0.25, 0.3) is 0 Å². The number of rotatable bonds is 1. The molecule has 84 valence electrons. The van der Waals surface area contributed by atoms with Crippen molar-refractivity contribution in [1.82, 2.24) is 4.90 Å². The van der Waals surface area contributed by atoms with E-state index in [2.05, 4.69) is 22.3 Å². The molecule has 16 heavy (non-hydrogen) atoms. The van der Waals surface area contributed by atoms with Crippen LogP contribution in [0.25, 0.3) is 0 Å². The fraction of sp³-hybridized carbons (Fsp3) is 0.462. The van der Waals surface area contributed by atoms with Crippen molar-refractivity contribution in [3.05, 3.63) is 30.3 Å². The largest absolute Gasteiger partial charge is 0.346 e. The van der Waals surface area contributed by atoms with Gasteiger partial charge >= 0.3 is 0 Å². The molecule has 3 rings (SSSR count). The topological polar surface area (TPSA) is 15.3 Å². The first kappa shape index (κ1) is 10.1. The van der Waals surface area contributed by atoms with Crippen molar-refractivity contribution >= 4 is 23.0 Å². The molecule has 2 bridgehead atoms. The zero-order chi connectivity index (χ0) is 11.0. The summed E-state index contributed by atoms with van der Waals surface area (Å²) in [6.45, 7) is 1.16. The average molecular weight is 232 g/mol. The van der Waals surface area contributed by atoms with Gasteiger partial charge in [-0.25, -0.2) is 0 Å². The fourth-order valence-electron chi connectivity index (χ4n) is 2.89. The minimum absolute atomic E-state index is 0.703. The molecule has 0 spiro atoms. The third kappa shape index (κ3) is 1.80. The highest BCUT2D eigenvalue weighted by molar-refractivity contribution is 7.80. The van der Waals surface area contributed by atoms with Crippen molar-refractivity contribution in [3.8, 4) is 0 Å². The van der Waals surface area contributed by atoms with Gasteiger partial charge in [0.15, 0.2) is 5.11 Å². The van der Waals surface area contributed by atoms with Crippen LogP contribution in [0.15, 0.2) is 30.3 Å². The van der Waals surface area contributed by atoms with E-state index in [0.717, 1.165) is 23.3 Å². The number of hydrogen-bond acceptors (Lipinski definition) is 1. The molecule has 2 fully saturated rings. The van der Waals surface area contributed by atoms with Gasteiger partial charge in [-0.15, -0.1) is 0 Å². The van der Waals surface area contributed by atoms with Crippen LogP contribution in [0.4, 0.5) is 5.69 Å². The van der Waals surface area contributed by atoms with Crippen LogP contribution < -0.4 is 5.32 Å². The first-order chi connectivity index (χ1) is 7.83. The van der Waals surface area contributed by atoms with E-state index in [0.29, 0.717) is 6.04 Å². The second-order valence-corrected chi connectivity index (χ2v) is 5.17. The van der Waals surface area contributed by atoms with E-state index in [4.69, 9.17) is 12.2 Å². The van der Waals surface area contributed by atoms with Crippen LogP contribution in [0.2, 0.25) is 0 Å². The van der Waals surface area contributed by atoms with E-state index in [1.807, 2.05) is 18.2 Å². The van der Waals surface area contributed by atoms with Gasteiger partial charge < -0.3 is 10.2 Å². The third-order valence-corrected chi connectivity index (χ3v) is 4.03. The first-order valence-corrected chi connectivity index (χ1v) is 6.36. The van der Waals surface area contributed by atoms with Crippen LogP contribution in [0.1, 0.15) is 19.3 Å². The number of thiocarbonyl (C=S) groups is 1. The summed E-state index contributed by atoms with van der Waals surface area (Å²) in [7, 11) is 0. The standard InChI is InChI=1S/C13H16N2S/c16-13(14-11-4-2-1-3-5-11)15-9-10-6-7-12(15)8-10/h1-5,10,12H,6-9H2,(H,14,16). The van der Waals surface area contributed by atoms with Crippen LogP contribution in [-0.2, 0) is 0 Å². The second-order valence-electron chi connectivity index (χ2n) is 4.78. The maximum Gasteiger partial charge on any atom is 0.173 e. The molecule has 2 nitrogen and oxygen atoms in total. The number of piperidine rings is 1. The van der Waals surface area contributed by atoms with Gasteiger partial charge in [0.05, 0.1) is 0 Å². The smallest absolute Gasteiger partial charge is 0.173 e. The summed E-state index contributed by atoms with van der Waals surface area (Å²) in [5.41, 5.74) is 1.09. The molecule has 0 radical (unpaired) electrons. The van der Waals surface area contributed by atoms with E-state index in [-0.39, 0.29) is 0 Å². The van der Waals surface area contributed by atoms with Crippen molar-refractivity contribution < 1.29 is 0 Å². The minimum atomic E-state index is 0.703. The number of para-hydroxylation sites is 1. The minimum Gasteiger partial charge on any atom is -0.346 e. The highest BCUT2D eigenvalue weighted by Gasteiger charge is 2.38. The number of nitrogens with one attached hydrogen (secondary N) is 1. The molecule has 2 atom stereocenters. The Bertz CT molecular complexity index is 390. The number of hydrogen-bond donors (Lipinski definition) is 1. The average Bonchev–Trinajstić information content (AvgIpc) is 2.92. The first-order valence-electron chi connectivity index (χ1n) is 5.95. The lowest BCUT2D eigenvalue weighted by molar-refractivity contribution is 0.332. The molecule has 0 amide bonds. The van der Waals surface area contributed by atoms with E-state index < -0.39 is 0 Å². The summed E-state index contributed by atoms with van der Waals surface area (Å²) in [4.78, 5) is 2.37. The molecule has 3 heteroatoms.